The van der Waals surface area contributed by atoms with E-state index in [-0.39, 0.29) is 22.8 Å². The molecule has 0 spiro atoms. The van der Waals surface area contributed by atoms with Crippen LogP contribution < -0.4 is 5.32 Å². The first-order valence-corrected chi connectivity index (χ1v) is 6.06. The highest BCUT2D eigenvalue weighted by Crippen LogP contribution is 2.29. The van der Waals surface area contributed by atoms with Crippen molar-refractivity contribution in [3.8, 4) is 0 Å². The molecule has 0 aliphatic rings. The van der Waals surface area contributed by atoms with Crippen LogP contribution in [0.5, 0.6) is 0 Å². The molecular weight excluding hydrogens is 232 g/mol. The lowest BCUT2D eigenvalue weighted by Crippen LogP contribution is -2.35. The summed E-state index contributed by atoms with van der Waals surface area (Å²) in [5, 5.41) is 23.3. The SMILES string of the molecule is CCC(C)(CCO)Nc1cccc([N+](=O)[O-])c1C. The van der Waals surface area contributed by atoms with Crippen LogP contribution in [0.3, 0.4) is 0 Å². The Kier molecular flexibility index (Phi) is 4.67. The molecule has 1 unspecified atom stereocenters. The summed E-state index contributed by atoms with van der Waals surface area (Å²) >= 11 is 0. The molecular formula is C13H20N2O3. The molecule has 0 radical (unpaired) electrons. The van der Waals surface area contributed by atoms with Gasteiger partial charge >= 0.3 is 0 Å². The van der Waals surface area contributed by atoms with Gasteiger partial charge in [0.1, 0.15) is 0 Å². The molecule has 2 N–H and O–H groups in total. The molecule has 18 heavy (non-hydrogen) atoms. The van der Waals surface area contributed by atoms with E-state index in [1.165, 1.54) is 6.07 Å². The third-order valence-electron chi connectivity index (χ3n) is 3.38. The first kappa shape index (κ1) is 14.4. The minimum atomic E-state index is -0.379. The Labute approximate surface area is 107 Å². The van der Waals surface area contributed by atoms with Gasteiger partial charge in [-0.05, 0) is 32.8 Å². The average Bonchev–Trinajstić information content (AvgIpc) is 2.32. The highest BCUT2D eigenvalue weighted by atomic mass is 16.6. The molecule has 0 aliphatic heterocycles. The lowest BCUT2D eigenvalue weighted by atomic mass is 9.94. The van der Waals surface area contributed by atoms with Gasteiger partial charge in [-0.15, -0.1) is 0 Å². The lowest BCUT2D eigenvalue weighted by Gasteiger charge is -2.31. The Morgan fingerprint density at radius 2 is 2.17 bits per heavy atom. The second-order valence-electron chi connectivity index (χ2n) is 4.72. The number of benzene rings is 1. The van der Waals surface area contributed by atoms with Gasteiger partial charge in [-0.3, -0.25) is 10.1 Å². The molecule has 0 saturated carbocycles. The van der Waals surface area contributed by atoms with Gasteiger partial charge in [0.05, 0.1) is 4.92 Å². The van der Waals surface area contributed by atoms with Crippen molar-refractivity contribution in [2.24, 2.45) is 0 Å². The van der Waals surface area contributed by atoms with E-state index in [1.54, 1.807) is 13.0 Å². The first-order chi connectivity index (χ1) is 8.43. The molecule has 0 saturated heterocycles. The van der Waals surface area contributed by atoms with Gasteiger partial charge < -0.3 is 10.4 Å². The maximum atomic E-state index is 10.9. The highest BCUT2D eigenvalue weighted by Gasteiger charge is 2.23. The summed E-state index contributed by atoms with van der Waals surface area (Å²) in [5.41, 5.74) is 1.24. The molecule has 0 bridgehead atoms. The lowest BCUT2D eigenvalue weighted by molar-refractivity contribution is -0.385. The third-order valence-corrected chi connectivity index (χ3v) is 3.38. The predicted molar refractivity (Wildman–Crippen MR) is 71.9 cm³/mol. The number of nitrogens with zero attached hydrogens (tertiary/aromatic N) is 1. The van der Waals surface area contributed by atoms with Crippen LogP contribution >= 0.6 is 0 Å². The van der Waals surface area contributed by atoms with Crippen LogP contribution in [-0.4, -0.2) is 22.2 Å². The molecule has 0 fully saturated rings. The van der Waals surface area contributed by atoms with Crippen LogP contribution in [0.25, 0.3) is 0 Å². The van der Waals surface area contributed by atoms with Crippen LogP contribution in [0.4, 0.5) is 11.4 Å². The molecule has 1 atom stereocenters. The summed E-state index contributed by atoms with van der Waals surface area (Å²) in [7, 11) is 0. The van der Waals surface area contributed by atoms with Crippen molar-refractivity contribution < 1.29 is 10.0 Å². The normalized spacial score (nSPS) is 14.0. The fraction of sp³-hybridized carbons (Fsp3) is 0.538. The molecule has 0 amide bonds. The second-order valence-corrected chi connectivity index (χ2v) is 4.72. The molecule has 100 valence electrons. The van der Waals surface area contributed by atoms with E-state index >= 15 is 0 Å². The number of rotatable bonds is 6. The van der Waals surface area contributed by atoms with E-state index in [9.17, 15) is 10.1 Å². The van der Waals surface area contributed by atoms with Crippen LogP contribution in [0.2, 0.25) is 0 Å². The average molecular weight is 252 g/mol. The van der Waals surface area contributed by atoms with Crippen molar-refractivity contribution in [1.82, 2.24) is 0 Å². The number of aliphatic hydroxyl groups is 1. The summed E-state index contributed by atoms with van der Waals surface area (Å²) in [6, 6.07) is 4.99. The summed E-state index contributed by atoms with van der Waals surface area (Å²) < 4.78 is 0. The van der Waals surface area contributed by atoms with Crippen LogP contribution in [0.1, 0.15) is 32.3 Å². The first-order valence-electron chi connectivity index (χ1n) is 6.06. The number of aliphatic hydroxyl groups excluding tert-OH is 1. The van der Waals surface area contributed by atoms with E-state index in [2.05, 4.69) is 5.32 Å². The fourth-order valence-corrected chi connectivity index (χ4v) is 1.86. The Bertz CT molecular complexity index is 434. The van der Waals surface area contributed by atoms with Gasteiger partial charge in [0, 0.05) is 29.5 Å². The summed E-state index contributed by atoms with van der Waals surface area (Å²) in [6.45, 7) is 5.84. The van der Waals surface area contributed by atoms with Gasteiger partial charge in [-0.2, -0.15) is 0 Å². The fourth-order valence-electron chi connectivity index (χ4n) is 1.86. The van der Waals surface area contributed by atoms with Crippen molar-refractivity contribution in [1.29, 1.82) is 0 Å². The highest BCUT2D eigenvalue weighted by molar-refractivity contribution is 5.60. The summed E-state index contributed by atoms with van der Waals surface area (Å²) in [6.07, 6.45) is 1.43. The van der Waals surface area contributed by atoms with Gasteiger partial charge in [0.2, 0.25) is 0 Å². The summed E-state index contributed by atoms with van der Waals surface area (Å²) in [5.74, 6) is 0. The van der Waals surface area contributed by atoms with E-state index in [0.29, 0.717) is 12.0 Å². The van der Waals surface area contributed by atoms with Crippen molar-refractivity contribution >= 4 is 11.4 Å². The maximum Gasteiger partial charge on any atom is 0.274 e. The van der Waals surface area contributed by atoms with E-state index in [4.69, 9.17) is 5.11 Å². The Morgan fingerprint density at radius 3 is 2.67 bits per heavy atom. The minimum absolute atomic E-state index is 0.0886. The predicted octanol–water partition coefficient (Wildman–Crippen LogP) is 2.87. The van der Waals surface area contributed by atoms with Crippen molar-refractivity contribution in [3.05, 3.63) is 33.9 Å². The van der Waals surface area contributed by atoms with Gasteiger partial charge in [0.15, 0.2) is 0 Å². The third kappa shape index (κ3) is 3.20. The van der Waals surface area contributed by atoms with Crippen LogP contribution in [0, 0.1) is 17.0 Å². The molecule has 0 aromatic heterocycles. The topological polar surface area (TPSA) is 75.4 Å². The zero-order valence-electron chi connectivity index (χ0n) is 11.1. The number of nitrogens with one attached hydrogen (secondary N) is 1. The van der Waals surface area contributed by atoms with Crippen molar-refractivity contribution in [2.45, 2.75) is 39.2 Å². The zero-order valence-corrected chi connectivity index (χ0v) is 11.1. The molecule has 1 aromatic rings. The van der Waals surface area contributed by atoms with Gasteiger partial charge in [-0.25, -0.2) is 0 Å². The van der Waals surface area contributed by atoms with E-state index in [0.717, 1.165) is 12.1 Å². The van der Waals surface area contributed by atoms with Gasteiger partial charge in [0.25, 0.3) is 5.69 Å². The quantitative estimate of drug-likeness (QED) is 0.603. The van der Waals surface area contributed by atoms with Crippen LogP contribution in [0.15, 0.2) is 18.2 Å². The number of hydrogen-bond donors (Lipinski definition) is 2. The largest absolute Gasteiger partial charge is 0.396 e. The molecule has 0 aliphatic carbocycles. The molecule has 1 rings (SSSR count). The molecule has 5 nitrogen and oxygen atoms in total. The Morgan fingerprint density at radius 1 is 1.50 bits per heavy atom. The minimum Gasteiger partial charge on any atom is -0.396 e. The monoisotopic (exact) mass is 252 g/mol. The zero-order chi connectivity index (χ0) is 13.8. The molecule has 0 heterocycles. The Hall–Kier alpha value is -1.62. The summed E-state index contributed by atoms with van der Waals surface area (Å²) in [4.78, 5) is 10.5. The molecule has 5 heteroatoms. The van der Waals surface area contributed by atoms with Crippen molar-refractivity contribution in [3.63, 3.8) is 0 Å². The standard InChI is InChI=1S/C13H20N2O3/c1-4-13(3,8-9-16)14-11-6-5-7-12(10(11)2)15(17)18/h5-7,14,16H,4,8-9H2,1-3H3. The number of nitro groups is 1. The van der Waals surface area contributed by atoms with Crippen LogP contribution in [-0.2, 0) is 0 Å². The van der Waals surface area contributed by atoms with E-state index < -0.39 is 0 Å². The number of nitro benzene ring substituents is 1. The Balaban J connectivity index is 3.04. The molecule has 1 aromatic carbocycles. The maximum absolute atomic E-state index is 10.9. The smallest absolute Gasteiger partial charge is 0.274 e. The second kappa shape index (κ2) is 5.82. The van der Waals surface area contributed by atoms with Crippen molar-refractivity contribution in [2.75, 3.05) is 11.9 Å². The van der Waals surface area contributed by atoms with E-state index in [1.807, 2.05) is 19.9 Å². The number of anilines is 1. The van der Waals surface area contributed by atoms with Gasteiger partial charge in [-0.1, -0.05) is 13.0 Å². The number of hydrogen-bond acceptors (Lipinski definition) is 4.